The van der Waals surface area contributed by atoms with Crippen molar-refractivity contribution in [2.24, 2.45) is 5.41 Å². The Hall–Kier alpha value is -0.930. The largest absolute Gasteiger partial charge is 0.377 e. The van der Waals surface area contributed by atoms with Crippen LogP contribution in [0.1, 0.15) is 42.9 Å². The molecule has 3 nitrogen and oxygen atoms in total. The fourth-order valence-electron chi connectivity index (χ4n) is 3.49. The van der Waals surface area contributed by atoms with Crippen LogP contribution in [0.3, 0.4) is 0 Å². The Kier molecular flexibility index (Phi) is 2.30. The molecular weight excluding hydrogens is 224 g/mol. The Morgan fingerprint density at radius 2 is 2.11 bits per heavy atom. The van der Waals surface area contributed by atoms with Crippen molar-refractivity contribution in [3.63, 3.8) is 0 Å². The molecule has 1 saturated carbocycles. The van der Waals surface area contributed by atoms with Gasteiger partial charge < -0.3 is 10.1 Å². The molecular formula is C15H20N2O. The number of hydrogen-bond donors (Lipinski definition) is 1. The van der Waals surface area contributed by atoms with Crippen molar-refractivity contribution in [2.75, 3.05) is 19.7 Å². The minimum Gasteiger partial charge on any atom is -0.377 e. The predicted molar refractivity (Wildman–Crippen MR) is 69.7 cm³/mol. The van der Waals surface area contributed by atoms with Crippen LogP contribution in [0.4, 0.5) is 0 Å². The van der Waals surface area contributed by atoms with Crippen LogP contribution in [0, 0.1) is 5.41 Å². The molecule has 1 N–H and O–H groups in total. The van der Waals surface area contributed by atoms with E-state index >= 15 is 0 Å². The van der Waals surface area contributed by atoms with Crippen molar-refractivity contribution >= 4 is 0 Å². The number of hydrogen-bond acceptors (Lipinski definition) is 3. The third-order valence-corrected chi connectivity index (χ3v) is 5.27. The molecule has 0 aromatic carbocycles. The lowest BCUT2D eigenvalue weighted by atomic mass is 9.56. The van der Waals surface area contributed by atoms with E-state index in [9.17, 15) is 0 Å². The van der Waals surface area contributed by atoms with Gasteiger partial charge >= 0.3 is 0 Å². The number of ether oxygens (including phenoxy) is 1. The highest BCUT2D eigenvalue weighted by Crippen LogP contribution is 2.58. The van der Waals surface area contributed by atoms with E-state index in [1.807, 2.05) is 0 Å². The van der Waals surface area contributed by atoms with Crippen LogP contribution in [0.2, 0.25) is 0 Å². The topological polar surface area (TPSA) is 34.1 Å². The Morgan fingerprint density at radius 3 is 2.56 bits per heavy atom. The van der Waals surface area contributed by atoms with Gasteiger partial charge in [0.05, 0.1) is 12.7 Å². The van der Waals surface area contributed by atoms with Gasteiger partial charge in [-0.2, -0.15) is 0 Å². The molecule has 0 radical (unpaired) electrons. The molecule has 2 saturated heterocycles. The molecule has 3 heterocycles. The highest BCUT2D eigenvalue weighted by molar-refractivity contribution is 5.25. The quantitative estimate of drug-likeness (QED) is 0.864. The van der Waals surface area contributed by atoms with Gasteiger partial charge in [0.15, 0.2) is 0 Å². The van der Waals surface area contributed by atoms with Gasteiger partial charge in [-0.3, -0.25) is 4.98 Å². The number of nitrogens with zero attached hydrogens (tertiary/aromatic N) is 1. The number of nitrogens with one attached hydrogen (secondary N) is 1. The second kappa shape index (κ2) is 3.78. The first-order valence-electron chi connectivity index (χ1n) is 7.05. The first-order chi connectivity index (χ1) is 8.77. The molecule has 96 valence electrons. The molecule has 3 aliphatic rings. The summed E-state index contributed by atoms with van der Waals surface area (Å²) in [6.45, 7) is 5.40. The van der Waals surface area contributed by atoms with E-state index in [0.717, 1.165) is 19.7 Å². The van der Waals surface area contributed by atoms with Crippen molar-refractivity contribution in [3.8, 4) is 0 Å². The maximum absolute atomic E-state index is 5.52. The van der Waals surface area contributed by atoms with Crippen LogP contribution in [0.25, 0.3) is 0 Å². The monoisotopic (exact) mass is 244 g/mol. The Labute approximate surface area is 108 Å². The minimum absolute atomic E-state index is 0.467. The van der Waals surface area contributed by atoms with Crippen LogP contribution < -0.4 is 5.32 Å². The Morgan fingerprint density at radius 1 is 1.28 bits per heavy atom. The summed E-state index contributed by atoms with van der Waals surface area (Å²) in [4.78, 5) is 4.68. The standard InChI is InChI=1S/C15H20N2O/c1-10-15(9-18-10)4-12(5-15)14-3-2-11(8-17-14)13-6-16-7-13/h2-3,8,10,12-13,16H,4-7,9H2,1H3. The molecule has 1 spiro atoms. The average molecular weight is 244 g/mol. The summed E-state index contributed by atoms with van der Waals surface area (Å²) in [7, 11) is 0. The molecule has 3 fully saturated rings. The van der Waals surface area contributed by atoms with E-state index in [1.165, 1.54) is 24.1 Å². The van der Waals surface area contributed by atoms with Gasteiger partial charge in [0, 0.05) is 42.2 Å². The molecule has 18 heavy (non-hydrogen) atoms. The van der Waals surface area contributed by atoms with E-state index in [0.29, 0.717) is 23.4 Å². The zero-order chi connectivity index (χ0) is 12.2. The summed E-state index contributed by atoms with van der Waals surface area (Å²) in [5.74, 6) is 1.37. The van der Waals surface area contributed by atoms with Crippen LogP contribution in [0.5, 0.6) is 0 Å². The molecule has 4 rings (SSSR count). The third kappa shape index (κ3) is 1.47. The summed E-state index contributed by atoms with van der Waals surface area (Å²) in [5, 5.41) is 3.31. The first kappa shape index (κ1) is 10.9. The van der Waals surface area contributed by atoms with E-state index in [-0.39, 0.29) is 0 Å². The van der Waals surface area contributed by atoms with E-state index in [1.54, 1.807) is 0 Å². The van der Waals surface area contributed by atoms with E-state index < -0.39 is 0 Å². The lowest BCUT2D eigenvalue weighted by Gasteiger charge is -2.57. The van der Waals surface area contributed by atoms with Crippen LogP contribution >= 0.6 is 0 Å². The van der Waals surface area contributed by atoms with Gasteiger partial charge in [0.2, 0.25) is 0 Å². The van der Waals surface area contributed by atoms with Gasteiger partial charge in [-0.05, 0) is 31.4 Å². The van der Waals surface area contributed by atoms with Crippen LogP contribution in [0.15, 0.2) is 18.3 Å². The molecule has 1 atom stereocenters. The van der Waals surface area contributed by atoms with Gasteiger partial charge in [-0.1, -0.05) is 6.07 Å². The molecule has 1 aromatic rings. The number of aromatic nitrogens is 1. The number of pyridine rings is 1. The highest BCUT2D eigenvalue weighted by Gasteiger charge is 2.55. The fourth-order valence-corrected chi connectivity index (χ4v) is 3.49. The molecule has 1 aliphatic carbocycles. The molecule has 1 unspecified atom stereocenters. The Bertz CT molecular complexity index is 446. The minimum atomic E-state index is 0.467. The summed E-state index contributed by atoms with van der Waals surface area (Å²) < 4.78 is 5.52. The molecule has 2 aliphatic heterocycles. The van der Waals surface area contributed by atoms with Crippen molar-refractivity contribution in [2.45, 2.75) is 37.7 Å². The second-order valence-corrected chi connectivity index (χ2v) is 6.29. The number of rotatable bonds is 2. The van der Waals surface area contributed by atoms with E-state index in [2.05, 4.69) is 35.6 Å². The van der Waals surface area contributed by atoms with Crippen molar-refractivity contribution < 1.29 is 4.74 Å². The van der Waals surface area contributed by atoms with Crippen LogP contribution in [-0.2, 0) is 4.74 Å². The SMILES string of the molecule is CC1OCC12CC(c1ccc(C3CNC3)cn1)C2. The molecule has 1 aromatic heterocycles. The Balaban J connectivity index is 1.43. The third-order valence-electron chi connectivity index (χ3n) is 5.27. The first-order valence-corrected chi connectivity index (χ1v) is 7.05. The van der Waals surface area contributed by atoms with Crippen molar-refractivity contribution in [1.82, 2.24) is 10.3 Å². The lowest BCUT2D eigenvalue weighted by molar-refractivity contribution is -0.221. The highest BCUT2D eigenvalue weighted by atomic mass is 16.5. The summed E-state index contributed by atoms with van der Waals surface area (Å²) in [6, 6.07) is 4.52. The molecule has 0 amide bonds. The summed E-state index contributed by atoms with van der Waals surface area (Å²) >= 11 is 0. The van der Waals surface area contributed by atoms with Crippen molar-refractivity contribution in [3.05, 3.63) is 29.6 Å². The van der Waals surface area contributed by atoms with Crippen LogP contribution in [-0.4, -0.2) is 30.8 Å². The maximum Gasteiger partial charge on any atom is 0.0625 e. The van der Waals surface area contributed by atoms with E-state index in [4.69, 9.17) is 4.74 Å². The summed E-state index contributed by atoms with van der Waals surface area (Å²) in [5.41, 5.74) is 3.19. The normalized spacial score (nSPS) is 38.9. The molecule has 3 heteroatoms. The van der Waals surface area contributed by atoms with Gasteiger partial charge in [-0.25, -0.2) is 0 Å². The zero-order valence-corrected chi connectivity index (χ0v) is 10.9. The lowest BCUT2D eigenvalue weighted by Crippen LogP contribution is -2.57. The average Bonchev–Trinajstić information content (AvgIpc) is 2.25. The van der Waals surface area contributed by atoms with Gasteiger partial charge in [0.1, 0.15) is 0 Å². The van der Waals surface area contributed by atoms with Gasteiger partial charge in [0.25, 0.3) is 0 Å². The molecule has 0 bridgehead atoms. The maximum atomic E-state index is 5.52. The fraction of sp³-hybridized carbons (Fsp3) is 0.667. The zero-order valence-electron chi connectivity index (χ0n) is 10.9. The smallest absolute Gasteiger partial charge is 0.0625 e. The van der Waals surface area contributed by atoms with Crippen molar-refractivity contribution in [1.29, 1.82) is 0 Å². The summed E-state index contributed by atoms with van der Waals surface area (Å²) in [6.07, 6.45) is 5.10. The second-order valence-electron chi connectivity index (χ2n) is 6.29. The van der Waals surface area contributed by atoms with Gasteiger partial charge in [-0.15, -0.1) is 0 Å². The predicted octanol–water partition coefficient (Wildman–Crippen LogP) is 2.05.